The first-order valence-corrected chi connectivity index (χ1v) is 10.4. The van der Waals surface area contributed by atoms with E-state index in [0.29, 0.717) is 11.8 Å². The zero-order valence-electron chi connectivity index (χ0n) is 12.9. The monoisotopic (exact) mass is 309 g/mol. The van der Waals surface area contributed by atoms with Gasteiger partial charge in [-0.3, -0.25) is 0 Å². The summed E-state index contributed by atoms with van der Waals surface area (Å²) in [6.45, 7) is 9.37. The summed E-state index contributed by atoms with van der Waals surface area (Å²) in [4.78, 5) is 0. The Labute approximate surface area is 124 Å². The van der Waals surface area contributed by atoms with Crippen molar-refractivity contribution in [1.82, 2.24) is 5.32 Å². The molecule has 0 amide bonds. The summed E-state index contributed by atoms with van der Waals surface area (Å²) in [6.07, 6.45) is 2.86. The minimum Gasteiger partial charge on any atom is -0.313 e. The number of rotatable bonds is 12. The maximum atomic E-state index is 11.5. The zero-order chi connectivity index (χ0) is 14.7. The zero-order valence-corrected chi connectivity index (χ0v) is 14.6. The van der Waals surface area contributed by atoms with Gasteiger partial charge in [-0.25, -0.2) is 8.42 Å². The van der Waals surface area contributed by atoms with Gasteiger partial charge >= 0.3 is 0 Å². The third-order valence-corrected chi connectivity index (χ3v) is 6.23. The quantitative estimate of drug-likeness (QED) is 0.602. The third kappa shape index (κ3) is 11.8. The fourth-order valence-corrected chi connectivity index (χ4v) is 3.80. The molecule has 0 aromatic rings. The van der Waals surface area contributed by atoms with E-state index in [4.69, 9.17) is 0 Å². The number of sulfone groups is 1. The molecule has 0 aliphatic carbocycles. The Morgan fingerprint density at radius 1 is 1.16 bits per heavy atom. The molecule has 0 radical (unpaired) electrons. The minimum absolute atomic E-state index is 0.266. The lowest BCUT2D eigenvalue weighted by molar-refractivity contribution is 0.511. The second kappa shape index (κ2) is 11.0. The van der Waals surface area contributed by atoms with Crippen LogP contribution in [0.3, 0.4) is 0 Å². The fourth-order valence-electron chi connectivity index (χ4n) is 1.73. The van der Waals surface area contributed by atoms with E-state index in [1.54, 1.807) is 6.92 Å². The molecule has 0 spiro atoms. The van der Waals surface area contributed by atoms with E-state index in [2.05, 4.69) is 26.1 Å². The highest BCUT2D eigenvalue weighted by Gasteiger charge is 2.12. The molecular formula is C14H31NO2S2. The van der Waals surface area contributed by atoms with E-state index in [1.807, 2.05) is 11.8 Å². The van der Waals surface area contributed by atoms with Crippen LogP contribution in [-0.4, -0.2) is 44.0 Å². The van der Waals surface area contributed by atoms with Gasteiger partial charge in [0, 0.05) is 17.5 Å². The Morgan fingerprint density at radius 2 is 1.84 bits per heavy atom. The largest absolute Gasteiger partial charge is 0.313 e. The molecule has 0 aliphatic heterocycles. The van der Waals surface area contributed by atoms with Crippen LogP contribution < -0.4 is 5.32 Å². The van der Waals surface area contributed by atoms with Gasteiger partial charge in [0.15, 0.2) is 0 Å². The van der Waals surface area contributed by atoms with Crippen LogP contribution in [0.15, 0.2) is 0 Å². The van der Waals surface area contributed by atoms with Crippen LogP contribution in [0, 0.1) is 5.92 Å². The van der Waals surface area contributed by atoms with Crippen molar-refractivity contribution < 1.29 is 8.42 Å². The van der Waals surface area contributed by atoms with Crippen molar-refractivity contribution in [3.63, 3.8) is 0 Å². The van der Waals surface area contributed by atoms with Gasteiger partial charge in [-0.1, -0.05) is 27.7 Å². The van der Waals surface area contributed by atoms with Gasteiger partial charge in [-0.05, 0) is 37.5 Å². The Balaban J connectivity index is 3.98. The van der Waals surface area contributed by atoms with Crippen LogP contribution in [0.1, 0.15) is 47.0 Å². The Bertz CT molecular complexity index is 303. The fraction of sp³-hybridized carbons (Fsp3) is 1.00. The summed E-state index contributed by atoms with van der Waals surface area (Å²) in [5.74, 6) is 3.59. The van der Waals surface area contributed by atoms with Crippen molar-refractivity contribution in [2.24, 2.45) is 5.92 Å². The maximum Gasteiger partial charge on any atom is 0.150 e. The van der Waals surface area contributed by atoms with Crippen molar-refractivity contribution in [3.8, 4) is 0 Å². The molecule has 3 nitrogen and oxygen atoms in total. The van der Waals surface area contributed by atoms with E-state index >= 15 is 0 Å². The first-order valence-electron chi connectivity index (χ1n) is 7.42. The van der Waals surface area contributed by atoms with E-state index in [-0.39, 0.29) is 5.75 Å². The number of nitrogens with one attached hydrogen (secondary N) is 1. The lowest BCUT2D eigenvalue weighted by Gasteiger charge is -2.18. The van der Waals surface area contributed by atoms with Crippen LogP contribution in [0.5, 0.6) is 0 Å². The van der Waals surface area contributed by atoms with E-state index < -0.39 is 9.84 Å². The molecule has 116 valence electrons. The van der Waals surface area contributed by atoms with Gasteiger partial charge in [0.1, 0.15) is 9.84 Å². The SMILES string of the molecule is CCCNC(CCCS(=O)(=O)CC)CSCC(C)C. The Morgan fingerprint density at radius 3 is 2.37 bits per heavy atom. The van der Waals surface area contributed by atoms with Crippen LogP contribution in [-0.2, 0) is 9.84 Å². The lowest BCUT2D eigenvalue weighted by Crippen LogP contribution is -2.32. The molecule has 1 N–H and O–H groups in total. The average molecular weight is 310 g/mol. The van der Waals surface area contributed by atoms with Crippen LogP contribution >= 0.6 is 11.8 Å². The first kappa shape index (κ1) is 19.3. The first-order chi connectivity index (χ1) is 8.91. The molecule has 19 heavy (non-hydrogen) atoms. The van der Waals surface area contributed by atoms with Crippen molar-refractivity contribution in [2.75, 3.05) is 29.6 Å². The molecule has 0 aromatic heterocycles. The number of thioether (sulfide) groups is 1. The summed E-state index contributed by atoms with van der Waals surface area (Å²) in [6, 6.07) is 0.454. The molecular weight excluding hydrogens is 278 g/mol. The maximum absolute atomic E-state index is 11.5. The molecule has 0 heterocycles. The molecule has 5 heteroatoms. The molecule has 1 atom stereocenters. The van der Waals surface area contributed by atoms with Gasteiger partial charge in [-0.15, -0.1) is 0 Å². The molecule has 0 saturated carbocycles. The average Bonchev–Trinajstić information content (AvgIpc) is 2.34. The lowest BCUT2D eigenvalue weighted by atomic mass is 10.2. The normalized spacial score (nSPS) is 13.9. The molecule has 0 aromatic carbocycles. The second-order valence-electron chi connectivity index (χ2n) is 5.46. The van der Waals surface area contributed by atoms with Gasteiger partial charge < -0.3 is 5.32 Å². The highest BCUT2D eigenvalue weighted by atomic mass is 32.2. The van der Waals surface area contributed by atoms with Crippen LogP contribution in [0.4, 0.5) is 0 Å². The van der Waals surface area contributed by atoms with E-state index in [0.717, 1.165) is 37.5 Å². The van der Waals surface area contributed by atoms with Crippen molar-refractivity contribution in [1.29, 1.82) is 0 Å². The van der Waals surface area contributed by atoms with E-state index in [9.17, 15) is 8.42 Å². The van der Waals surface area contributed by atoms with Crippen molar-refractivity contribution in [3.05, 3.63) is 0 Å². The molecule has 0 fully saturated rings. The topological polar surface area (TPSA) is 46.2 Å². The Kier molecular flexibility index (Phi) is 11.1. The summed E-state index contributed by atoms with van der Waals surface area (Å²) >= 11 is 1.97. The predicted molar refractivity (Wildman–Crippen MR) is 87.8 cm³/mol. The second-order valence-corrected chi connectivity index (χ2v) is 9.01. The smallest absolute Gasteiger partial charge is 0.150 e. The summed E-state index contributed by atoms with van der Waals surface area (Å²) in [7, 11) is -2.80. The molecule has 0 bridgehead atoms. The Hall–Kier alpha value is 0.260. The summed E-state index contributed by atoms with van der Waals surface area (Å²) < 4.78 is 22.9. The van der Waals surface area contributed by atoms with Crippen molar-refractivity contribution >= 4 is 21.6 Å². The minimum atomic E-state index is -2.80. The predicted octanol–water partition coefficient (Wildman–Crippen LogP) is 2.96. The van der Waals surface area contributed by atoms with Crippen LogP contribution in [0.25, 0.3) is 0 Å². The van der Waals surface area contributed by atoms with Gasteiger partial charge in [0.2, 0.25) is 0 Å². The number of hydrogen-bond acceptors (Lipinski definition) is 4. The van der Waals surface area contributed by atoms with Crippen molar-refractivity contribution in [2.45, 2.75) is 53.0 Å². The molecule has 0 rings (SSSR count). The van der Waals surface area contributed by atoms with Crippen LogP contribution in [0.2, 0.25) is 0 Å². The molecule has 0 saturated heterocycles. The van der Waals surface area contributed by atoms with E-state index in [1.165, 1.54) is 5.75 Å². The summed E-state index contributed by atoms with van der Waals surface area (Å²) in [5.41, 5.74) is 0. The molecule has 0 aliphatic rings. The standard InChI is InChI=1S/C14H31NO2S2/c1-5-9-15-14(12-18-11-13(3)4)8-7-10-19(16,17)6-2/h13-15H,5-12H2,1-4H3. The number of hydrogen-bond donors (Lipinski definition) is 1. The van der Waals surface area contributed by atoms with Gasteiger partial charge in [0.05, 0.1) is 5.75 Å². The third-order valence-electron chi connectivity index (χ3n) is 2.90. The highest BCUT2D eigenvalue weighted by Crippen LogP contribution is 2.12. The van der Waals surface area contributed by atoms with Gasteiger partial charge in [-0.2, -0.15) is 11.8 Å². The highest BCUT2D eigenvalue weighted by molar-refractivity contribution is 7.99. The van der Waals surface area contributed by atoms with Gasteiger partial charge in [0.25, 0.3) is 0 Å². The summed E-state index contributed by atoms with van der Waals surface area (Å²) in [5, 5.41) is 3.53. The molecule has 1 unspecified atom stereocenters.